The SMILES string of the molecule is N[C@H](c1cn2ncc(CN3C(=O)NC4CC(F)(F)CC43)cc2n1)C1CCC(F)(F)CC1. The van der Waals surface area contributed by atoms with E-state index in [1.54, 1.807) is 23.0 Å². The van der Waals surface area contributed by atoms with Crippen molar-refractivity contribution in [1.82, 2.24) is 24.8 Å². The van der Waals surface area contributed by atoms with Crippen LogP contribution in [0.4, 0.5) is 22.4 Å². The lowest BCUT2D eigenvalue weighted by Crippen LogP contribution is -2.35. The Morgan fingerprint density at radius 2 is 1.94 bits per heavy atom. The van der Waals surface area contributed by atoms with Gasteiger partial charge in [0.25, 0.3) is 5.92 Å². The molecule has 2 unspecified atom stereocenters. The van der Waals surface area contributed by atoms with E-state index in [-0.39, 0.29) is 44.2 Å². The van der Waals surface area contributed by atoms with E-state index in [2.05, 4.69) is 15.4 Å². The molecule has 0 bridgehead atoms. The fourth-order valence-corrected chi connectivity index (χ4v) is 5.09. The fourth-order valence-electron chi connectivity index (χ4n) is 5.09. The molecule has 3 aliphatic rings. The van der Waals surface area contributed by atoms with Crippen LogP contribution in [0.5, 0.6) is 0 Å². The number of alkyl halides is 4. The molecule has 2 amide bonds. The number of aromatic nitrogens is 3. The first-order chi connectivity index (χ1) is 14.6. The second-order valence-electron chi connectivity index (χ2n) is 9.07. The maximum Gasteiger partial charge on any atom is 0.318 e. The minimum Gasteiger partial charge on any atom is -0.333 e. The zero-order valence-electron chi connectivity index (χ0n) is 16.8. The number of nitrogens with one attached hydrogen (secondary N) is 1. The molecule has 1 saturated heterocycles. The Balaban J connectivity index is 1.31. The molecule has 0 radical (unpaired) electrons. The highest BCUT2D eigenvalue weighted by Crippen LogP contribution is 2.41. The third kappa shape index (κ3) is 3.83. The number of nitrogens with two attached hydrogens (primary N) is 1. The highest BCUT2D eigenvalue weighted by Gasteiger charge is 2.54. The summed E-state index contributed by atoms with van der Waals surface area (Å²) in [6.07, 6.45) is 2.92. The summed E-state index contributed by atoms with van der Waals surface area (Å²) in [7, 11) is 0. The number of fused-ring (bicyclic) bond motifs is 2. The molecule has 2 aliphatic carbocycles. The molecule has 2 saturated carbocycles. The van der Waals surface area contributed by atoms with Crippen molar-refractivity contribution in [2.45, 2.75) is 75.0 Å². The van der Waals surface area contributed by atoms with Crippen molar-refractivity contribution in [3.05, 3.63) is 29.7 Å². The number of urea groups is 1. The Morgan fingerprint density at radius 1 is 1.19 bits per heavy atom. The second kappa shape index (κ2) is 7.04. The molecule has 1 aliphatic heterocycles. The van der Waals surface area contributed by atoms with E-state index >= 15 is 0 Å². The molecular weight excluding hydrogens is 416 g/mol. The van der Waals surface area contributed by atoms with Crippen molar-refractivity contribution < 1.29 is 22.4 Å². The number of halogens is 4. The van der Waals surface area contributed by atoms with Gasteiger partial charge >= 0.3 is 6.03 Å². The van der Waals surface area contributed by atoms with E-state index in [1.165, 1.54) is 4.90 Å². The van der Waals surface area contributed by atoms with Crippen LogP contribution < -0.4 is 11.1 Å². The maximum absolute atomic E-state index is 13.7. The van der Waals surface area contributed by atoms with Gasteiger partial charge in [0.2, 0.25) is 5.92 Å². The summed E-state index contributed by atoms with van der Waals surface area (Å²) >= 11 is 0. The molecule has 3 atom stereocenters. The third-order valence-corrected chi connectivity index (χ3v) is 6.82. The lowest BCUT2D eigenvalue weighted by atomic mass is 9.81. The highest BCUT2D eigenvalue weighted by atomic mass is 19.3. The average Bonchev–Trinajstić information content (AvgIpc) is 3.32. The first kappa shape index (κ1) is 20.5. The molecule has 0 aromatic carbocycles. The number of hydrogen-bond acceptors (Lipinski definition) is 4. The first-order valence-electron chi connectivity index (χ1n) is 10.5. The molecule has 31 heavy (non-hydrogen) atoms. The Morgan fingerprint density at radius 3 is 2.68 bits per heavy atom. The molecule has 0 spiro atoms. The van der Waals surface area contributed by atoms with Crippen LogP contribution in [0.1, 0.15) is 55.8 Å². The monoisotopic (exact) mass is 440 g/mol. The summed E-state index contributed by atoms with van der Waals surface area (Å²) in [5, 5.41) is 6.94. The van der Waals surface area contributed by atoms with E-state index in [4.69, 9.17) is 5.73 Å². The van der Waals surface area contributed by atoms with Gasteiger partial charge in [0.1, 0.15) is 0 Å². The van der Waals surface area contributed by atoms with Gasteiger partial charge in [-0.3, -0.25) is 0 Å². The lowest BCUT2D eigenvalue weighted by molar-refractivity contribution is -0.0484. The zero-order valence-corrected chi connectivity index (χ0v) is 16.8. The Hall–Kier alpha value is -2.43. The minimum absolute atomic E-state index is 0.0710. The number of carbonyl (C=O) groups is 1. The van der Waals surface area contributed by atoms with Crippen molar-refractivity contribution >= 4 is 11.7 Å². The Kier molecular flexibility index (Phi) is 4.65. The topological polar surface area (TPSA) is 88.5 Å². The molecular formula is C20H24F4N6O. The summed E-state index contributed by atoms with van der Waals surface area (Å²) < 4.78 is 55.9. The van der Waals surface area contributed by atoms with Crippen LogP contribution in [0.3, 0.4) is 0 Å². The maximum atomic E-state index is 13.7. The van der Waals surface area contributed by atoms with Crippen molar-refractivity contribution in [3.63, 3.8) is 0 Å². The van der Waals surface area contributed by atoms with Crippen molar-refractivity contribution in [2.75, 3.05) is 0 Å². The van der Waals surface area contributed by atoms with Crippen LogP contribution in [0.15, 0.2) is 18.5 Å². The van der Waals surface area contributed by atoms with Gasteiger partial charge in [-0.05, 0) is 30.4 Å². The van der Waals surface area contributed by atoms with Gasteiger partial charge < -0.3 is 16.0 Å². The molecule has 11 heteroatoms. The van der Waals surface area contributed by atoms with Crippen molar-refractivity contribution in [3.8, 4) is 0 Å². The van der Waals surface area contributed by atoms with Crippen molar-refractivity contribution in [1.29, 1.82) is 0 Å². The predicted octanol–water partition coefficient (Wildman–Crippen LogP) is 3.25. The van der Waals surface area contributed by atoms with E-state index in [0.717, 1.165) is 0 Å². The van der Waals surface area contributed by atoms with Gasteiger partial charge in [0, 0.05) is 32.2 Å². The zero-order chi connectivity index (χ0) is 22.0. The Bertz CT molecular complexity index is 1000. The van der Waals surface area contributed by atoms with Crippen LogP contribution in [0, 0.1) is 5.92 Å². The minimum atomic E-state index is -2.78. The van der Waals surface area contributed by atoms with Gasteiger partial charge in [-0.15, -0.1) is 0 Å². The van der Waals surface area contributed by atoms with Crippen LogP contribution in [-0.2, 0) is 6.54 Å². The fraction of sp³-hybridized carbons (Fsp3) is 0.650. The van der Waals surface area contributed by atoms with Gasteiger partial charge in [0.05, 0.1) is 36.2 Å². The summed E-state index contributed by atoms with van der Waals surface area (Å²) in [4.78, 5) is 18.2. The van der Waals surface area contributed by atoms with Gasteiger partial charge in [0.15, 0.2) is 5.65 Å². The van der Waals surface area contributed by atoms with E-state index in [0.29, 0.717) is 29.7 Å². The predicted molar refractivity (Wildman–Crippen MR) is 103 cm³/mol. The number of amides is 2. The first-order valence-corrected chi connectivity index (χ1v) is 10.5. The molecule has 2 aromatic heterocycles. The number of imidazole rings is 1. The normalized spacial score (nSPS) is 28.7. The second-order valence-corrected chi connectivity index (χ2v) is 9.07. The quantitative estimate of drug-likeness (QED) is 0.715. The number of carbonyl (C=O) groups excluding carboxylic acids is 1. The standard InChI is InChI=1S/C20H24F4N6O/c21-19(22)3-1-12(2-4-19)17(25)14-10-30-16(27-14)5-11(8-26-30)9-29-15-7-20(23,24)6-13(15)28-18(29)31/h5,8,10,12-13,15,17H,1-4,6-7,9,25H2,(H,28,31)/t13?,15?,17-/m0/s1. The Labute approximate surface area is 176 Å². The van der Waals surface area contributed by atoms with Crippen LogP contribution in [-0.4, -0.2) is 49.5 Å². The number of nitrogens with zero attached hydrogens (tertiary/aromatic N) is 4. The average molecular weight is 440 g/mol. The smallest absolute Gasteiger partial charge is 0.318 e. The number of rotatable bonds is 4. The summed E-state index contributed by atoms with van der Waals surface area (Å²) in [5.41, 5.74) is 8.07. The summed E-state index contributed by atoms with van der Waals surface area (Å²) in [6, 6.07) is -0.172. The van der Waals surface area contributed by atoms with Crippen LogP contribution in [0.2, 0.25) is 0 Å². The molecule has 3 N–H and O–H groups in total. The number of hydrogen-bond donors (Lipinski definition) is 2. The largest absolute Gasteiger partial charge is 0.333 e. The van der Waals surface area contributed by atoms with E-state index < -0.39 is 30.0 Å². The molecule has 2 aromatic rings. The van der Waals surface area contributed by atoms with Crippen molar-refractivity contribution in [2.24, 2.45) is 11.7 Å². The summed E-state index contributed by atoms with van der Waals surface area (Å²) in [5.74, 6) is -5.46. The van der Waals surface area contributed by atoms with E-state index in [1.807, 2.05) is 0 Å². The highest BCUT2D eigenvalue weighted by molar-refractivity contribution is 5.78. The molecule has 168 valence electrons. The van der Waals surface area contributed by atoms with Gasteiger partial charge in [-0.25, -0.2) is 31.9 Å². The van der Waals surface area contributed by atoms with Crippen LogP contribution in [0.25, 0.3) is 5.65 Å². The molecule has 3 fully saturated rings. The van der Waals surface area contributed by atoms with Gasteiger partial charge in [-0.2, -0.15) is 5.10 Å². The lowest BCUT2D eigenvalue weighted by Gasteiger charge is -2.31. The van der Waals surface area contributed by atoms with Crippen LogP contribution >= 0.6 is 0 Å². The van der Waals surface area contributed by atoms with Gasteiger partial charge in [-0.1, -0.05) is 0 Å². The van der Waals surface area contributed by atoms with E-state index in [9.17, 15) is 22.4 Å². The molecule has 3 heterocycles. The third-order valence-electron chi connectivity index (χ3n) is 6.82. The molecule has 7 nitrogen and oxygen atoms in total. The summed E-state index contributed by atoms with van der Waals surface area (Å²) in [6.45, 7) is 0.151. The molecule has 5 rings (SSSR count).